The van der Waals surface area contributed by atoms with Crippen LogP contribution >= 0.6 is 0 Å². The molecule has 2 bridgehead atoms. The Kier molecular flexibility index (Phi) is 3.04. The lowest BCUT2D eigenvalue weighted by atomic mass is 9.44. The Hall–Kier alpha value is -0.910. The highest BCUT2D eigenvalue weighted by Crippen LogP contribution is 2.72. The third kappa shape index (κ3) is 1.87. The van der Waals surface area contributed by atoms with Gasteiger partial charge in [0, 0.05) is 18.1 Å². The summed E-state index contributed by atoms with van der Waals surface area (Å²) in [6, 6.07) is 0. The van der Waals surface area contributed by atoms with Gasteiger partial charge in [-0.3, -0.25) is 0 Å². The van der Waals surface area contributed by atoms with Crippen molar-refractivity contribution in [2.75, 3.05) is 6.61 Å². The van der Waals surface area contributed by atoms with E-state index in [1.807, 2.05) is 0 Å². The second-order valence-electron chi connectivity index (χ2n) is 9.73. The number of esters is 1. The molecule has 1 spiro atoms. The molecule has 3 N–H and O–H groups in total. The van der Waals surface area contributed by atoms with Crippen LogP contribution in [0, 0.1) is 28.6 Å². The van der Waals surface area contributed by atoms with Crippen molar-refractivity contribution >= 4 is 5.97 Å². The summed E-state index contributed by atoms with van der Waals surface area (Å²) >= 11 is 0. The summed E-state index contributed by atoms with van der Waals surface area (Å²) in [6.45, 7) is 2.18. The number of hydrogen-bond donors (Lipinski definition) is 3. The third-order valence-corrected chi connectivity index (χ3v) is 8.78. The van der Waals surface area contributed by atoms with Gasteiger partial charge < -0.3 is 20.1 Å². The highest BCUT2D eigenvalue weighted by molar-refractivity contribution is 5.86. The maximum absolute atomic E-state index is 11.8. The molecule has 1 heterocycles. The molecule has 0 unspecified atom stereocenters. The summed E-state index contributed by atoms with van der Waals surface area (Å²) in [4.78, 5) is 11.8. The summed E-state index contributed by atoms with van der Waals surface area (Å²) in [5, 5.41) is 31.5. The van der Waals surface area contributed by atoms with Crippen molar-refractivity contribution in [3.05, 3.63) is 11.6 Å². The van der Waals surface area contributed by atoms with E-state index in [1.54, 1.807) is 0 Å². The molecule has 5 aliphatic rings. The number of rotatable bonds is 1. The normalized spacial score (nSPS) is 56.6. The zero-order chi connectivity index (χ0) is 17.7. The minimum atomic E-state index is -1.38. The van der Waals surface area contributed by atoms with E-state index >= 15 is 0 Å². The molecular formula is C20H28O5. The Morgan fingerprint density at radius 3 is 2.76 bits per heavy atom. The number of aliphatic hydroxyl groups is 3. The van der Waals surface area contributed by atoms with E-state index in [-0.39, 0.29) is 29.3 Å². The average molecular weight is 348 g/mol. The molecule has 5 rings (SSSR count). The van der Waals surface area contributed by atoms with Crippen LogP contribution in [0.3, 0.4) is 0 Å². The second kappa shape index (κ2) is 4.68. The van der Waals surface area contributed by atoms with Crippen molar-refractivity contribution in [2.24, 2.45) is 28.6 Å². The highest BCUT2D eigenvalue weighted by Gasteiger charge is 2.68. The number of carbonyl (C=O) groups is 1. The van der Waals surface area contributed by atoms with Crippen molar-refractivity contribution in [1.29, 1.82) is 0 Å². The molecule has 7 atom stereocenters. The van der Waals surface area contributed by atoms with Crippen LogP contribution in [0.5, 0.6) is 0 Å². The molecule has 25 heavy (non-hydrogen) atoms. The first kappa shape index (κ1) is 16.3. The van der Waals surface area contributed by atoms with E-state index in [0.29, 0.717) is 18.8 Å². The SMILES string of the molecule is C[C@@]12CC[C@@]3(O)OC(=O)C=C3[C@H]1CC[C@@]13C[C@H](CC[C@H]12)[C@@](O)(CO)C3. The van der Waals surface area contributed by atoms with Crippen LogP contribution in [0.2, 0.25) is 0 Å². The Morgan fingerprint density at radius 1 is 1.20 bits per heavy atom. The van der Waals surface area contributed by atoms with Gasteiger partial charge in [0.05, 0.1) is 12.2 Å². The van der Waals surface area contributed by atoms with Crippen molar-refractivity contribution in [2.45, 2.75) is 69.7 Å². The van der Waals surface area contributed by atoms with Crippen molar-refractivity contribution in [3.8, 4) is 0 Å². The van der Waals surface area contributed by atoms with Gasteiger partial charge in [-0.15, -0.1) is 0 Å². The maximum atomic E-state index is 11.8. The third-order valence-electron chi connectivity index (χ3n) is 8.78. The molecule has 0 aromatic heterocycles. The van der Waals surface area contributed by atoms with Gasteiger partial charge in [0.15, 0.2) is 0 Å². The van der Waals surface area contributed by atoms with Crippen LogP contribution in [0.15, 0.2) is 11.6 Å². The fourth-order valence-electron chi connectivity index (χ4n) is 7.76. The minimum Gasteiger partial charge on any atom is -0.426 e. The van der Waals surface area contributed by atoms with E-state index in [2.05, 4.69) is 6.92 Å². The number of fused-ring (bicyclic) bond motifs is 5. The second-order valence-corrected chi connectivity index (χ2v) is 9.73. The quantitative estimate of drug-likeness (QED) is 0.630. The lowest BCUT2D eigenvalue weighted by molar-refractivity contribution is -0.208. The summed E-state index contributed by atoms with van der Waals surface area (Å²) < 4.78 is 5.24. The molecule has 0 radical (unpaired) electrons. The van der Waals surface area contributed by atoms with Crippen molar-refractivity contribution in [1.82, 2.24) is 0 Å². The van der Waals surface area contributed by atoms with Crippen molar-refractivity contribution < 1.29 is 24.9 Å². The van der Waals surface area contributed by atoms with Gasteiger partial charge in [-0.1, -0.05) is 6.92 Å². The highest BCUT2D eigenvalue weighted by atomic mass is 16.7. The summed E-state index contributed by atoms with van der Waals surface area (Å²) in [5.74, 6) is -0.944. The van der Waals surface area contributed by atoms with Crippen molar-refractivity contribution in [3.63, 3.8) is 0 Å². The van der Waals surface area contributed by atoms with E-state index in [0.717, 1.165) is 44.1 Å². The Labute approximate surface area is 148 Å². The van der Waals surface area contributed by atoms with Crippen LogP contribution in [0.1, 0.15) is 58.3 Å². The van der Waals surface area contributed by atoms with Gasteiger partial charge in [-0.2, -0.15) is 0 Å². The zero-order valence-electron chi connectivity index (χ0n) is 14.8. The van der Waals surface area contributed by atoms with Crippen LogP contribution in [-0.2, 0) is 9.53 Å². The fraction of sp³-hybridized carbons (Fsp3) is 0.850. The van der Waals surface area contributed by atoms with Gasteiger partial charge >= 0.3 is 5.97 Å². The molecule has 4 saturated carbocycles. The molecule has 4 fully saturated rings. The largest absolute Gasteiger partial charge is 0.426 e. The first-order valence-electron chi connectivity index (χ1n) is 9.75. The molecule has 0 aromatic carbocycles. The number of aliphatic hydroxyl groups excluding tert-OH is 1. The van der Waals surface area contributed by atoms with Gasteiger partial charge in [0.25, 0.3) is 0 Å². The summed E-state index contributed by atoms with van der Waals surface area (Å²) in [5.41, 5.74) is -0.00110. The molecule has 0 amide bonds. The topological polar surface area (TPSA) is 87.0 Å². The molecule has 0 aromatic rings. The van der Waals surface area contributed by atoms with E-state index in [1.165, 1.54) is 6.08 Å². The number of hydrogen-bond acceptors (Lipinski definition) is 5. The van der Waals surface area contributed by atoms with Crippen LogP contribution in [-0.4, -0.2) is 39.3 Å². The predicted octanol–water partition coefficient (Wildman–Crippen LogP) is 1.90. The van der Waals surface area contributed by atoms with Crippen LogP contribution in [0.4, 0.5) is 0 Å². The first-order chi connectivity index (χ1) is 11.7. The van der Waals surface area contributed by atoms with E-state index in [4.69, 9.17) is 4.74 Å². The summed E-state index contributed by atoms with van der Waals surface area (Å²) in [7, 11) is 0. The zero-order valence-corrected chi connectivity index (χ0v) is 14.8. The molecule has 138 valence electrons. The molecule has 5 nitrogen and oxygen atoms in total. The molecule has 0 saturated heterocycles. The summed E-state index contributed by atoms with van der Waals surface area (Å²) in [6.07, 6.45) is 8.51. The Balaban J connectivity index is 1.54. The molecule has 5 heteroatoms. The lowest BCUT2D eigenvalue weighted by Gasteiger charge is -2.61. The lowest BCUT2D eigenvalue weighted by Crippen LogP contribution is -2.56. The van der Waals surface area contributed by atoms with Gasteiger partial charge in [0.1, 0.15) is 0 Å². The first-order valence-corrected chi connectivity index (χ1v) is 9.75. The minimum absolute atomic E-state index is 0.0238. The van der Waals surface area contributed by atoms with Gasteiger partial charge in [-0.25, -0.2) is 4.79 Å². The van der Waals surface area contributed by atoms with E-state index in [9.17, 15) is 20.1 Å². The Bertz CT molecular complexity index is 673. The number of ether oxygens (including phenoxy) is 1. The standard InChI is InChI=1S/C20H28O5/c1-17-6-7-20(24)14(8-16(22)25-20)13(17)4-5-18-9-12(2-3-15(17)18)19(23,10-18)11-21/h8,12-13,15,21,23-24H,2-7,9-11H2,1H3/t12-,13+,15-,17+,18-,19-,20+/m0/s1. The monoisotopic (exact) mass is 348 g/mol. The van der Waals surface area contributed by atoms with Crippen LogP contribution in [0.25, 0.3) is 0 Å². The molecular weight excluding hydrogens is 320 g/mol. The van der Waals surface area contributed by atoms with Gasteiger partial charge in [0.2, 0.25) is 5.79 Å². The fourth-order valence-corrected chi connectivity index (χ4v) is 7.76. The molecule has 1 aliphatic heterocycles. The van der Waals surface area contributed by atoms with Crippen LogP contribution < -0.4 is 0 Å². The van der Waals surface area contributed by atoms with E-state index < -0.39 is 17.4 Å². The Morgan fingerprint density at radius 2 is 2.00 bits per heavy atom. The molecule has 4 aliphatic carbocycles. The average Bonchev–Trinajstić information content (AvgIpc) is 2.98. The predicted molar refractivity (Wildman–Crippen MR) is 89.1 cm³/mol. The maximum Gasteiger partial charge on any atom is 0.333 e. The number of carbonyl (C=O) groups excluding carboxylic acids is 1. The van der Waals surface area contributed by atoms with Gasteiger partial charge in [-0.05, 0) is 73.5 Å². The smallest absolute Gasteiger partial charge is 0.333 e.